The van der Waals surface area contributed by atoms with Crippen LogP contribution in [0.2, 0.25) is 0 Å². The monoisotopic (exact) mass is 293 g/mol. The summed E-state index contributed by atoms with van der Waals surface area (Å²) in [4.78, 5) is 0. The molecule has 0 radical (unpaired) electrons. The van der Waals surface area contributed by atoms with E-state index < -0.39 is 0 Å². The highest BCUT2D eigenvalue weighted by atomic mass is 32.1. The molecule has 106 valence electrons. The molecule has 0 amide bonds. The molecule has 2 N–H and O–H groups in total. The minimum atomic E-state index is -0.292. The summed E-state index contributed by atoms with van der Waals surface area (Å²) in [6, 6.07) is 6.49. The van der Waals surface area contributed by atoms with Crippen molar-refractivity contribution in [2.75, 3.05) is 5.32 Å². The molecular weight excluding hydrogens is 277 g/mol. The molecule has 0 aliphatic heterocycles. The van der Waals surface area contributed by atoms with Crippen LogP contribution in [0.15, 0.2) is 24.3 Å². The quantitative estimate of drug-likeness (QED) is 0.909. The summed E-state index contributed by atoms with van der Waals surface area (Å²) in [6.45, 7) is 0. The molecule has 0 saturated heterocycles. The average molecular weight is 293 g/mol. The Morgan fingerprint density at radius 1 is 1.25 bits per heavy atom. The first-order valence-corrected chi connectivity index (χ1v) is 7.54. The molecule has 1 aliphatic carbocycles. The van der Waals surface area contributed by atoms with Gasteiger partial charge in [0.25, 0.3) is 0 Å². The molecule has 6 heteroatoms. The molecule has 1 aliphatic rings. The highest BCUT2D eigenvalue weighted by Gasteiger charge is 2.25. The molecule has 3 rings (SSSR count). The summed E-state index contributed by atoms with van der Waals surface area (Å²) in [6.07, 6.45) is 3.21. The van der Waals surface area contributed by atoms with Gasteiger partial charge in [-0.25, -0.2) is 4.39 Å². The van der Waals surface area contributed by atoms with Crippen LogP contribution in [0.1, 0.15) is 29.8 Å². The second-order valence-electron chi connectivity index (χ2n) is 5.05. The SMILES string of the molecule is OC1CCCC1Nc1nnc(Cc2ccc(F)cc2)s1. The maximum absolute atomic E-state index is 12.8. The predicted molar refractivity (Wildman–Crippen MR) is 76.4 cm³/mol. The molecule has 1 saturated carbocycles. The van der Waals surface area contributed by atoms with Crippen molar-refractivity contribution in [3.8, 4) is 0 Å². The molecule has 0 spiro atoms. The smallest absolute Gasteiger partial charge is 0.205 e. The number of hydrogen-bond donors (Lipinski definition) is 2. The van der Waals surface area contributed by atoms with E-state index in [1.807, 2.05) is 0 Å². The molecule has 2 unspecified atom stereocenters. The Balaban J connectivity index is 1.63. The number of nitrogens with zero attached hydrogens (tertiary/aromatic N) is 2. The van der Waals surface area contributed by atoms with Gasteiger partial charge in [-0.3, -0.25) is 0 Å². The van der Waals surface area contributed by atoms with E-state index in [0.29, 0.717) is 6.42 Å². The van der Waals surface area contributed by atoms with Gasteiger partial charge in [0.1, 0.15) is 10.8 Å². The van der Waals surface area contributed by atoms with E-state index in [1.54, 1.807) is 12.1 Å². The molecule has 1 aromatic heterocycles. The van der Waals surface area contributed by atoms with Crippen LogP contribution >= 0.6 is 11.3 Å². The van der Waals surface area contributed by atoms with E-state index in [-0.39, 0.29) is 18.0 Å². The van der Waals surface area contributed by atoms with Gasteiger partial charge in [-0.05, 0) is 37.0 Å². The third-order valence-corrected chi connectivity index (χ3v) is 4.38. The molecule has 2 aromatic rings. The van der Waals surface area contributed by atoms with Crippen molar-refractivity contribution in [3.63, 3.8) is 0 Å². The number of benzene rings is 1. The zero-order valence-electron chi connectivity index (χ0n) is 10.9. The van der Waals surface area contributed by atoms with Crippen LogP contribution in [0.3, 0.4) is 0 Å². The van der Waals surface area contributed by atoms with Crippen molar-refractivity contribution in [1.29, 1.82) is 0 Å². The number of aliphatic hydroxyl groups is 1. The number of hydrogen-bond acceptors (Lipinski definition) is 5. The second kappa shape index (κ2) is 5.85. The first kappa shape index (κ1) is 13.5. The maximum Gasteiger partial charge on any atom is 0.205 e. The predicted octanol–water partition coefficient (Wildman–Crippen LogP) is 2.59. The molecule has 1 fully saturated rings. The number of anilines is 1. The van der Waals surface area contributed by atoms with E-state index in [0.717, 1.165) is 35.0 Å². The second-order valence-corrected chi connectivity index (χ2v) is 6.12. The van der Waals surface area contributed by atoms with Crippen molar-refractivity contribution in [3.05, 3.63) is 40.7 Å². The Kier molecular flexibility index (Phi) is 3.93. The van der Waals surface area contributed by atoms with Crippen molar-refractivity contribution < 1.29 is 9.50 Å². The van der Waals surface area contributed by atoms with Crippen LogP contribution in [-0.4, -0.2) is 27.4 Å². The molecule has 4 nitrogen and oxygen atoms in total. The number of aliphatic hydroxyl groups excluding tert-OH is 1. The minimum absolute atomic E-state index is 0.0848. The van der Waals surface area contributed by atoms with Gasteiger partial charge in [-0.15, -0.1) is 10.2 Å². The van der Waals surface area contributed by atoms with Gasteiger partial charge in [-0.1, -0.05) is 23.5 Å². The standard InChI is InChI=1S/C14H16FN3OS/c15-10-6-4-9(5-7-10)8-13-17-18-14(20-13)16-11-2-1-3-12(11)19/h4-7,11-12,19H,1-3,8H2,(H,16,18). The van der Waals surface area contributed by atoms with Gasteiger partial charge in [0, 0.05) is 6.42 Å². The van der Waals surface area contributed by atoms with E-state index >= 15 is 0 Å². The molecule has 2 atom stereocenters. The lowest BCUT2D eigenvalue weighted by Crippen LogP contribution is -2.27. The Bertz CT molecular complexity index is 572. The summed E-state index contributed by atoms with van der Waals surface area (Å²) in [5.41, 5.74) is 1.01. The highest BCUT2D eigenvalue weighted by molar-refractivity contribution is 7.15. The van der Waals surface area contributed by atoms with E-state index in [4.69, 9.17) is 0 Å². The largest absolute Gasteiger partial charge is 0.391 e. The van der Waals surface area contributed by atoms with Crippen molar-refractivity contribution in [1.82, 2.24) is 10.2 Å². The fourth-order valence-corrected chi connectivity index (χ4v) is 3.26. The fraction of sp³-hybridized carbons (Fsp3) is 0.429. The van der Waals surface area contributed by atoms with E-state index in [2.05, 4.69) is 15.5 Å². The topological polar surface area (TPSA) is 58.0 Å². The summed E-state index contributed by atoms with van der Waals surface area (Å²) in [5, 5.41) is 22.9. The lowest BCUT2D eigenvalue weighted by molar-refractivity contribution is 0.172. The van der Waals surface area contributed by atoms with Crippen molar-refractivity contribution in [2.24, 2.45) is 0 Å². The minimum Gasteiger partial charge on any atom is -0.391 e. The Hall–Kier alpha value is -1.53. The summed E-state index contributed by atoms with van der Waals surface area (Å²) < 4.78 is 12.8. The lowest BCUT2D eigenvalue weighted by Gasteiger charge is -2.14. The van der Waals surface area contributed by atoms with Gasteiger partial charge in [0.2, 0.25) is 5.13 Å². The van der Waals surface area contributed by atoms with Gasteiger partial charge >= 0.3 is 0 Å². The zero-order valence-corrected chi connectivity index (χ0v) is 11.7. The van der Waals surface area contributed by atoms with Gasteiger partial charge in [-0.2, -0.15) is 0 Å². The van der Waals surface area contributed by atoms with Crippen LogP contribution < -0.4 is 5.32 Å². The van der Waals surface area contributed by atoms with Gasteiger partial charge < -0.3 is 10.4 Å². The average Bonchev–Trinajstić information content (AvgIpc) is 3.03. The molecular formula is C14H16FN3OS. The first-order chi connectivity index (χ1) is 9.70. The Morgan fingerprint density at radius 3 is 2.75 bits per heavy atom. The third-order valence-electron chi connectivity index (χ3n) is 3.52. The first-order valence-electron chi connectivity index (χ1n) is 6.72. The molecule has 1 heterocycles. The summed E-state index contributed by atoms with van der Waals surface area (Å²) >= 11 is 1.48. The van der Waals surface area contributed by atoms with Crippen LogP contribution in [-0.2, 0) is 6.42 Å². The number of halogens is 1. The maximum atomic E-state index is 12.8. The molecule has 20 heavy (non-hydrogen) atoms. The third kappa shape index (κ3) is 3.13. The van der Waals surface area contributed by atoms with Crippen LogP contribution in [0.4, 0.5) is 9.52 Å². The van der Waals surface area contributed by atoms with Crippen LogP contribution in [0.25, 0.3) is 0 Å². The van der Waals surface area contributed by atoms with Gasteiger partial charge in [0.15, 0.2) is 0 Å². The summed E-state index contributed by atoms with van der Waals surface area (Å²) in [7, 11) is 0. The van der Waals surface area contributed by atoms with Crippen LogP contribution in [0.5, 0.6) is 0 Å². The van der Waals surface area contributed by atoms with E-state index in [9.17, 15) is 9.50 Å². The molecule has 0 bridgehead atoms. The highest BCUT2D eigenvalue weighted by Crippen LogP contribution is 2.25. The van der Waals surface area contributed by atoms with Gasteiger partial charge in [0.05, 0.1) is 12.1 Å². The Labute approximate surface area is 120 Å². The fourth-order valence-electron chi connectivity index (χ4n) is 2.43. The number of nitrogens with one attached hydrogen (secondary N) is 1. The van der Waals surface area contributed by atoms with Crippen LogP contribution in [0, 0.1) is 5.82 Å². The van der Waals surface area contributed by atoms with E-state index in [1.165, 1.54) is 23.5 Å². The van der Waals surface area contributed by atoms with Crippen molar-refractivity contribution in [2.45, 2.75) is 37.8 Å². The zero-order chi connectivity index (χ0) is 13.9. The molecule has 1 aromatic carbocycles. The normalized spacial score (nSPS) is 22.1. The Morgan fingerprint density at radius 2 is 2.05 bits per heavy atom. The number of rotatable bonds is 4. The number of aromatic nitrogens is 2. The van der Waals surface area contributed by atoms with Crippen molar-refractivity contribution >= 4 is 16.5 Å². The summed E-state index contributed by atoms with van der Waals surface area (Å²) in [5.74, 6) is -0.233. The lowest BCUT2D eigenvalue weighted by atomic mass is 10.2.